The molecule has 1 atom stereocenters. The van der Waals surface area contributed by atoms with Gasteiger partial charge in [-0.15, -0.1) is 0 Å². The lowest BCUT2D eigenvalue weighted by molar-refractivity contribution is -0.124. The number of esters is 1. The summed E-state index contributed by atoms with van der Waals surface area (Å²) in [5.41, 5.74) is 4.44. The summed E-state index contributed by atoms with van der Waals surface area (Å²) in [6, 6.07) is 21.4. The van der Waals surface area contributed by atoms with Gasteiger partial charge in [-0.3, -0.25) is 4.79 Å². The molecule has 1 N–H and O–H groups in total. The summed E-state index contributed by atoms with van der Waals surface area (Å²) in [6.45, 7) is 6.12. The number of aryl methyl sites for hydroxylation is 1. The first kappa shape index (κ1) is 20.4. The molecule has 0 aliphatic carbocycles. The Balaban J connectivity index is 1.59. The highest BCUT2D eigenvalue weighted by molar-refractivity contribution is 5.92. The molecule has 0 aliphatic rings. The summed E-state index contributed by atoms with van der Waals surface area (Å²) in [5, 5.41) is 2.85. The Morgan fingerprint density at radius 3 is 2.28 bits per heavy atom. The van der Waals surface area contributed by atoms with Gasteiger partial charge in [0.05, 0.1) is 11.6 Å². The number of hydrogen-bond acceptors (Lipinski definition) is 3. The van der Waals surface area contributed by atoms with Crippen molar-refractivity contribution < 1.29 is 14.3 Å². The number of carbonyl (C=O) groups is 2. The van der Waals surface area contributed by atoms with Crippen molar-refractivity contribution in [2.75, 3.05) is 6.61 Å². The Morgan fingerprint density at radius 2 is 1.62 bits per heavy atom. The van der Waals surface area contributed by atoms with Crippen LogP contribution >= 0.6 is 0 Å². The minimum Gasteiger partial charge on any atom is -0.452 e. The van der Waals surface area contributed by atoms with Crippen molar-refractivity contribution in [3.63, 3.8) is 0 Å². The van der Waals surface area contributed by atoms with Gasteiger partial charge in [-0.2, -0.15) is 0 Å². The van der Waals surface area contributed by atoms with Gasteiger partial charge >= 0.3 is 5.97 Å². The predicted molar refractivity (Wildman–Crippen MR) is 113 cm³/mol. The van der Waals surface area contributed by atoms with Crippen molar-refractivity contribution in [2.24, 2.45) is 0 Å². The van der Waals surface area contributed by atoms with Crippen molar-refractivity contribution >= 4 is 11.9 Å². The smallest absolute Gasteiger partial charge is 0.340 e. The van der Waals surface area contributed by atoms with E-state index in [1.54, 1.807) is 0 Å². The molecule has 0 bridgehead atoms. The third kappa shape index (κ3) is 5.13. The van der Waals surface area contributed by atoms with E-state index in [2.05, 4.69) is 22.0 Å². The standard InChI is InChI=1S/C24H26N2O3/c1-17-14-22(19(3)26(17)15-20-10-6-4-7-11-20)24(28)29-16-23(27)25-18(2)21-12-8-5-9-13-21/h4-14,18H,15-16H2,1-3H3,(H,25,27)/t18-/m0/s1. The monoisotopic (exact) mass is 390 g/mol. The minimum atomic E-state index is -0.486. The molecule has 0 fully saturated rings. The van der Waals surface area contributed by atoms with Crippen LogP contribution in [0.15, 0.2) is 66.7 Å². The SMILES string of the molecule is Cc1cc(C(=O)OCC(=O)N[C@@H](C)c2ccccc2)c(C)n1Cc1ccccc1. The molecule has 0 aliphatic heterocycles. The van der Waals surface area contributed by atoms with Gasteiger partial charge in [0.15, 0.2) is 6.61 Å². The fourth-order valence-corrected chi connectivity index (χ4v) is 3.33. The predicted octanol–water partition coefficient (Wildman–Crippen LogP) is 4.19. The molecule has 3 rings (SSSR count). The zero-order valence-corrected chi connectivity index (χ0v) is 17.0. The molecule has 1 heterocycles. The summed E-state index contributed by atoms with van der Waals surface area (Å²) < 4.78 is 7.33. The summed E-state index contributed by atoms with van der Waals surface area (Å²) >= 11 is 0. The quantitative estimate of drug-likeness (QED) is 0.616. The Morgan fingerprint density at radius 1 is 1.00 bits per heavy atom. The summed E-state index contributed by atoms with van der Waals surface area (Å²) in [6.07, 6.45) is 0. The summed E-state index contributed by atoms with van der Waals surface area (Å²) in [5.74, 6) is -0.812. The summed E-state index contributed by atoms with van der Waals surface area (Å²) in [4.78, 5) is 24.7. The highest BCUT2D eigenvalue weighted by Gasteiger charge is 2.19. The molecule has 5 heteroatoms. The lowest BCUT2D eigenvalue weighted by Crippen LogP contribution is -2.31. The first-order valence-corrected chi connectivity index (χ1v) is 9.68. The molecule has 0 radical (unpaired) electrons. The fraction of sp³-hybridized carbons (Fsp3) is 0.250. The normalized spacial score (nSPS) is 11.7. The number of aromatic nitrogens is 1. The second-order valence-electron chi connectivity index (χ2n) is 7.13. The van der Waals surface area contributed by atoms with Crippen LogP contribution in [0.5, 0.6) is 0 Å². The molecular formula is C24H26N2O3. The molecule has 1 amide bonds. The Labute approximate surface area is 171 Å². The zero-order chi connectivity index (χ0) is 20.8. The molecule has 5 nitrogen and oxygen atoms in total. The largest absolute Gasteiger partial charge is 0.452 e. The van der Waals surface area contributed by atoms with Crippen LogP contribution < -0.4 is 5.32 Å². The lowest BCUT2D eigenvalue weighted by atomic mass is 10.1. The molecule has 0 unspecified atom stereocenters. The van der Waals surface area contributed by atoms with Crippen LogP contribution in [-0.4, -0.2) is 23.1 Å². The number of rotatable bonds is 7. The first-order chi connectivity index (χ1) is 14.0. The molecule has 0 saturated carbocycles. The van der Waals surface area contributed by atoms with Crippen LogP contribution in [-0.2, 0) is 16.1 Å². The molecular weight excluding hydrogens is 364 g/mol. The maximum atomic E-state index is 12.5. The van der Waals surface area contributed by atoms with E-state index in [-0.39, 0.29) is 18.6 Å². The fourth-order valence-electron chi connectivity index (χ4n) is 3.33. The van der Waals surface area contributed by atoms with Gasteiger partial charge in [-0.25, -0.2) is 4.79 Å². The molecule has 0 saturated heterocycles. The second-order valence-corrected chi connectivity index (χ2v) is 7.13. The van der Waals surface area contributed by atoms with Gasteiger partial charge < -0.3 is 14.6 Å². The van der Waals surface area contributed by atoms with Crippen LogP contribution in [0.4, 0.5) is 0 Å². The van der Waals surface area contributed by atoms with Crippen molar-refractivity contribution in [3.05, 3.63) is 94.8 Å². The third-order valence-electron chi connectivity index (χ3n) is 4.99. The number of ether oxygens (including phenoxy) is 1. The minimum absolute atomic E-state index is 0.154. The van der Waals surface area contributed by atoms with Crippen LogP contribution in [0.3, 0.4) is 0 Å². The van der Waals surface area contributed by atoms with Crippen LogP contribution in [0.25, 0.3) is 0 Å². The van der Waals surface area contributed by atoms with Crippen molar-refractivity contribution in [2.45, 2.75) is 33.4 Å². The van der Waals surface area contributed by atoms with Gasteiger partial charge in [0.2, 0.25) is 0 Å². The van der Waals surface area contributed by atoms with E-state index in [1.165, 1.54) is 0 Å². The van der Waals surface area contributed by atoms with E-state index < -0.39 is 5.97 Å². The average molecular weight is 390 g/mol. The number of nitrogens with one attached hydrogen (secondary N) is 1. The highest BCUT2D eigenvalue weighted by Crippen LogP contribution is 2.18. The van der Waals surface area contributed by atoms with Crippen molar-refractivity contribution in [1.29, 1.82) is 0 Å². The maximum absolute atomic E-state index is 12.5. The number of nitrogens with zero attached hydrogens (tertiary/aromatic N) is 1. The lowest BCUT2D eigenvalue weighted by Gasteiger charge is -2.14. The van der Waals surface area contributed by atoms with Gasteiger partial charge in [-0.05, 0) is 38.0 Å². The zero-order valence-electron chi connectivity index (χ0n) is 17.0. The molecule has 1 aromatic heterocycles. The molecule has 3 aromatic rings. The van der Waals surface area contributed by atoms with Crippen LogP contribution in [0.1, 0.15) is 45.8 Å². The Hall–Kier alpha value is -3.34. The van der Waals surface area contributed by atoms with E-state index in [1.807, 2.05) is 75.4 Å². The highest BCUT2D eigenvalue weighted by atomic mass is 16.5. The van der Waals surface area contributed by atoms with Gasteiger partial charge in [-0.1, -0.05) is 60.7 Å². The maximum Gasteiger partial charge on any atom is 0.340 e. The average Bonchev–Trinajstić information content (AvgIpc) is 3.01. The van der Waals surface area contributed by atoms with Gasteiger partial charge in [0.25, 0.3) is 5.91 Å². The van der Waals surface area contributed by atoms with E-state index in [4.69, 9.17) is 4.74 Å². The van der Waals surface area contributed by atoms with Crippen molar-refractivity contribution in [1.82, 2.24) is 9.88 Å². The van der Waals surface area contributed by atoms with Gasteiger partial charge in [0, 0.05) is 17.9 Å². The first-order valence-electron chi connectivity index (χ1n) is 9.68. The molecule has 29 heavy (non-hydrogen) atoms. The number of carbonyl (C=O) groups excluding carboxylic acids is 2. The third-order valence-corrected chi connectivity index (χ3v) is 4.99. The number of hydrogen-bond donors (Lipinski definition) is 1. The van der Waals surface area contributed by atoms with E-state index in [0.717, 1.165) is 22.5 Å². The van der Waals surface area contributed by atoms with E-state index >= 15 is 0 Å². The molecule has 0 spiro atoms. The molecule has 2 aromatic carbocycles. The van der Waals surface area contributed by atoms with E-state index in [0.29, 0.717) is 12.1 Å². The second kappa shape index (κ2) is 9.24. The summed E-state index contributed by atoms with van der Waals surface area (Å²) in [7, 11) is 0. The van der Waals surface area contributed by atoms with E-state index in [9.17, 15) is 9.59 Å². The van der Waals surface area contributed by atoms with Crippen molar-refractivity contribution in [3.8, 4) is 0 Å². The molecule has 150 valence electrons. The topological polar surface area (TPSA) is 60.3 Å². The number of amides is 1. The van der Waals surface area contributed by atoms with Gasteiger partial charge in [0.1, 0.15) is 0 Å². The Kier molecular flexibility index (Phi) is 6.50. The Bertz CT molecular complexity index is 978. The number of benzene rings is 2. The van der Waals surface area contributed by atoms with Crippen LogP contribution in [0, 0.1) is 13.8 Å². The van der Waals surface area contributed by atoms with Crippen LogP contribution in [0.2, 0.25) is 0 Å².